The lowest BCUT2D eigenvalue weighted by molar-refractivity contribution is 0.102. The van der Waals surface area contributed by atoms with Crippen LogP contribution in [0.3, 0.4) is 0 Å². The summed E-state index contributed by atoms with van der Waals surface area (Å²) in [6, 6.07) is 13.5. The number of carbonyl (C=O) groups excluding carboxylic acids is 1. The average molecular weight is 512 g/mol. The van der Waals surface area contributed by atoms with Gasteiger partial charge in [-0.1, -0.05) is 12.1 Å². The summed E-state index contributed by atoms with van der Waals surface area (Å²) in [4.78, 5) is 22.2. The molecule has 0 spiro atoms. The Morgan fingerprint density at radius 1 is 1.12 bits per heavy atom. The number of aromatic nitrogens is 3. The zero-order valence-electron chi connectivity index (χ0n) is 17.6. The van der Waals surface area contributed by atoms with Crippen molar-refractivity contribution in [2.45, 2.75) is 4.90 Å². The van der Waals surface area contributed by atoms with Crippen LogP contribution in [0.1, 0.15) is 10.5 Å². The number of hydrogen-bond donors (Lipinski definition) is 2. The molecule has 2 N–H and O–H groups in total. The van der Waals surface area contributed by atoms with Gasteiger partial charge in [0.15, 0.2) is 10.1 Å². The molecule has 5 aromatic rings. The molecule has 0 unspecified atom stereocenters. The van der Waals surface area contributed by atoms with Gasteiger partial charge < -0.3 is 10.1 Å². The second-order valence-electron chi connectivity index (χ2n) is 7.05. The summed E-state index contributed by atoms with van der Waals surface area (Å²) < 4.78 is 34.4. The largest absolute Gasteiger partial charge is 0.497 e. The van der Waals surface area contributed by atoms with Crippen molar-refractivity contribution in [2.24, 2.45) is 0 Å². The van der Waals surface area contributed by atoms with Crippen LogP contribution in [-0.4, -0.2) is 35.8 Å². The highest BCUT2D eigenvalue weighted by atomic mass is 32.2. The minimum atomic E-state index is -3.76. The Balaban J connectivity index is 1.34. The summed E-state index contributed by atoms with van der Waals surface area (Å²) in [7, 11) is -2.16. The molecule has 0 saturated carbocycles. The van der Waals surface area contributed by atoms with E-state index in [1.165, 1.54) is 53.1 Å². The number of imidazole rings is 1. The number of nitrogens with one attached hydrogen (secondary N) is 2. The topological polar surface area (TPSA) is 115 Å². The third-order valence-corrected chi connectivity index (χ3v) is 7.90. The molecule has 5 rings (SSSR count). The molecular weight excluding hydrogens is 494 g/mol. The monoisotopic (exact) mass is 511 g/mol. The van der Waals surface area contributed by atoms with Gasteiger partial charge in [-0.15, -0.1) is 22.7 Å². The molecule has 9 nitrogen and oxygen atoms in total. The predicted octanol–water partition coefficient (Wildman–Crippen LogP) is 4.58. The van der Waals surface area contributed by atoms with Crippen molar-refractivity contribution in [3.63, 3.8) is 0 Å². The number of fused-ring (bicyclic) bond motifs is 1. The first-order chi connectivity index (χ1) is 16.4. The first kappa shape index (κ1) is 22.1. The normalized spacial score (nSPS) is 11.4. The number of rotatable bonds is 7. The van der Waals surface area contributed by atoms with Gasteiger partial charge in [0.2, 0.25) is 0 Å². The standard InChI is InChI=1S/C22H17N5O4S3/c1-31-16-4-2-3-14(11-16)18-12-27-19(13-33-22(27)25-18)20(28)24-15-5-7-17(8-6-15)34(29,30)26-21-23-9-10-32-21/h2-13H,1H3,(H,23,26)(H,24,28). The summed E-state index contributed by atoms with van der Waals surface area (Å²) in [5.74, 6) is 0.386. The molecule has 2 aromatic carbocycles. The van der Waals surface area contributed by atoms with Gasteiger partial charge >= 0.3 is 0 Å². The minimum absolute atomic E-state index is 0.0659. The van der Waals surface area contributed by atoms with Crippen molar-refractivity contribution >= 4 is 54.4 Å². The highest BCUT2D eigenvalue weighted by molar-refractivity contribution is 7.93. The molecule has 3 aromatic heterocycles. The van der Waals surface area contributed by atoms with Crippen LogP contribution in [0.25, 0.3) is 16.2 Å². The van der Waals surface area contributed by atoms with Crippen LogP contribution < -0.4 is 14.8 Å². The van der Waals surface area contributed by atoms with Crippen molar-refractivity contribution in [1.82, 2.24) is 14.4 Å². The van der Waals surface area contributed by atoms with E-state index in [9.17, 15) is 13.2 Å². The van der Waals surface area contributed by atoms with Gasteiger partial charge in [-0.3, -0.25) is 13.9 Å². The van der Waals surface area contributed by atoms with Crippen LogP contribution in [0.5, 0.6) is 5.75 Å². The number of hydrogen-bond acceptors (Lipinski definition) is 8. The van der Waals surface area contributed by atoms with Gasteiger partial charge in [-0.05, 0) is 36.4 Å². The van der Waals surface area contributed by atoms with Crippen molar-refractivity contribution in [1.29, 1.82) is 0 Å². The molecule has 0 radical (unpaired) electrons. The molecule has 12 heteroatoms. The second kappa shape index (κ2) is 8.89. The maximum atomic E-state index is 12.9. The van der Waals surface area contributed by atoms with E-state index in [0.717, 1.165) is 17.0 Å². The molecule has 0 aliphatic rings. The van der Waals surface area contributed by atoms with E-state index in [2.05, 4.69) is 20.0 Å². The maximum absolute atomic E-state index is 12.9. The molecular formula is C22H17N5O4S3. The summed E-state index contributed by atoms with van der Waals surface area (Å²) in [6.07, 6.45) is 3.32. The Bertz CT molecular complexity index is 1570. The number of thiazole rings is 2. The fourth-order valence-corrected chi connectivity index (χ4v) is 5.87. The Kier molecular flexibility index (Phi) is 5.77. The maximum Gasteiger partial charge on any atom is 0.273 e. The van der Waals surface area contributed by atoms with Gasteiger partial charge in [-0.25, -0.2) is 18.4 Å². The smallest absolute Gasteiger partial charge is 0.273 e. The number of benzene rings is 2. The lowest BCUT2D eigenvalue weighted by atomic mass is 10.1. The zero-order valence-corrected chi connectivity index (χ0v) is 20.1. The van der Waals surface area contributed by atoms with Gasteiger partial charge in [0.1, 0.15) is 11.4 Å². The second-order valence-corrected chi connectivity index (χ2v) is 10.5. The summed E-state index contributed by atoms with van der Waals surface area (Å²) >= 11 is 2.54. The number of anilines is 2. The van der Waals surface area contributed by atoms with Gasteiger partial charge in [0, 0.05) is 34.4 Å². The fourth-order valence-electron chi connectivity index (χ4n) is 3.23. The highest BCUT2D eigenvalue weighted by Crippen LogP contribution is 2.27. The first-order valence-corrected chi connectivity index (χ1v) is 13.1. The van der Waals surface area contributed by atoms with Gasteiger partial charge in [0.25, 0.3) is 15.9 Å². The number of methoxy groups -OCH3 is 1. The average Bonchev–Trinajstić information content (AvgIpc) is 3.57. The van der Waals surface area contributed by atoms with Crippen LogP contribution in [0.4, 0.5) is 10.8 Å². The zero-order chi connectivity index (χ0) is 23.7. The van der Waals surface area contributed by atoms with E-state index in [1.54, 1.807) is 28.5 Å². The van der Waals surface area contributed by atoms with Crippen LogP contribution in [0.2, 0.25) is 0 Å². The molecule has 34 heavy (non-hydrogen) atoms. The van der Waals surface area contributed by atoms with Crippen LogP contribution in [-0.2, 0) is 10.0 Å². The number of carbonyl (C=O) groups is 1. The Morgan fingerprint density at radius 3 is 2.68 bits per heavy atom. The number of amides is 1. The van der Waals surface area contributed by atoms with Crippen molar-refractivity contribution in [3.8, 4) is 17.0 Å². The number of ether oxygens (including phenoxy) is 1. The van der Waals surface area contributed by atoms with Gasteiger partial charge in [-0.2, -0.15) is 0 Å². The van der Waals surface area contributed by atoms with E-state index < -0.39 is 10.0 Å². The lowest BCUT2D eigenvalue weighted by Gasteiger charge is -2.08. The summed E-state index contributed by atoms with van der Waals surface area (Å²) in [6.45, 7) is 0. The summed E-state index contributed by atoms with van der Waals surface area (Å²) in [5, 5.41) is 6.49. The van der Waals surface area contributed by atoms with Crippen molar-refractivity contribution in [2.75, 3.05) is 17.1 Å². The summed E-state index contributed by atoms with van der Waals surface area (Å²) in [5.41, 5.74) is 2.49. The molecule has 0 bridgehead atoms. The van der Waals surface area contributed by atoms with Gasteiger partial charge in [0.05, 0.1) is 17.7 Å². The van der Waals surface area contributed by atoms with E-state index >= 15 is 0 Å². The highest BCUT2D eigenvalue weighted by Gasteiger charge is 2.18. The molecule has 0 atom stereocenters. The van der Waals surface area contributed by atoms with Crippen LogP contribution in [0, 0.1) is 0 Å². The Labute approximate surface area is 202 Å². The van der Waals surface area contributed by atoms with E-state index in [4.69, 9.17) is 4.74 Å². The molecule has 1 amide bonds. The number of nitrogens with zero attached hydrogens (tertiary/aromatic N) is 3. The third kappa shape index (κ3) is 4.38. The predicted molar refractivity (Wildman–Crippen MR) is 132 cm³/mol. The van der Waals surface area contributed by atoms with Crippen molar-refractivity contribution < 1.29 is 17.9 Å². The Hall–Kier alpha value is -3.74. The third-order valence-electron chi connectivity index (χ3n) is 4.88. The minimum Gasteiger partial charge on any atom is -0.497 e. The van der Waals surface area contributed by atoms with Crippen LogP contribution in [0.15, 0.2) is 76.6 Å². The van der Waals surface area contributed by atoms with Crippen LogP contribution >= 0.6 is 22.7 Å². The fraction of sp³-hybridized carbons (Fsp3) is 0.0455. The quantitative estimate of drug-likeness (QED) is 0.331. The molecule has 0 aliphatic carbocycles. The molecule has 3 heterocycles. The lowest BCUT2D eigenvalue weighted by Crippen LogP contribution is -2.15. The molecule has 172 valence electrons. The van der Waals surface area contributed by atoms with E-state index in [1.807, 2.05) is 24.3 Å². The van der Waals surface area contributed by atoms with E-state index in [0.29, 0.717) is 16.3 Å². The first-order valence-electron chi connectivity index (χ1n) is 9.88. The SMILES string of the molecule is COc1cccc(-c2cn3c(C(=O)Nc4ccc(S(=O)(=O)Nc5nccs5)cc4)csc3n2)c1. The van der Waals surface area contributed by atoms with Crippen molar-refractivity contribution in [3.05, 3.63) is 77.4 Å². The molecule has 0 fully saturated rings. The molecule has 0 saturated heterocycles. The number of sulfonamides is 1. The molecule has 0 aliphatic heterocycles. The van der Waals surface area contributed by atoms with E-state index in [-0.39, 0.29) is 15.9 Å². The Morgan fingerprint density at radius 2 is 1.94 bits per heavy atom.